The molecule has 0 saturated heterocycles. The summed E-state index contributed by atoms with van der Waals surface area (Å²) in [6.45, 7) is 8.52. The number of aliphatic hydroxyl groups is 1. The molecule has 0 radical (unpaired) electrons. The Balaban J connectivity index is 2.06. The molecule has 2 aromatic rings. The number of carboxylic acid groups (broad SMARTS) is 1. The largest absolute Gasteiger partial charge is 0.479 e. The van der Waals surface area contributed by atoms with Crippen LogP contribution >= 0.6 is 0 Å². The molecule has 1 heterocycles. The van der Waals surface area contributed by atoms with Crippen LogP contribution in [-0.2, 0) is 21.4 Å². The molecule has 0 unspecified atom stereocenters. The monoisotopic (exact) mass is 358 g/mol. The van der Waals surface area contributed by atoms with E-state index in [9.17, 15) is 14.7 Å². The molecular weight excluding hydrogens is 332 g/mol. The quantitative estimate of drug-likeness (QED) is 0.517. The topological polar surface area (TPSA) is 102 Å². The predicted octanol–water partition coefficient (Wildman–Crippen LogP) is 2.52. The summed E-state index contributed by atoms with van der Waals surface area (Å²) in [4.78, 5) is 25.9. The average molecular weight is 358 g/mol. The Kier molecular flexibility index (Phi) is 6.21. The van der Waals surface area contributed by atoms with E-state index >= 15 is 0 Å². The van der Waals surface area contributed by atoms with Crippen LogP contribution in [0.3, 0.4) is 0 Å². The Morgan fingerprint density at radius 1 is 1.35 bits per heavy atom. The van der Waals surface area contributed by atoms with E-state index in [2.05, 4.69) is 36.8 Å². The fraction of sp³-hybridized carbons (Fsp3) is 0.400. The van der Waals surface area contributed by atoms with Gasteiger partial charge in [0.25, 0.3) is 0 Å². The lowest BCUT2D eigenvalue weighted by Gasteiger charge is -2.21. The number of aliphatic hydroxyl groups excluding tert-OH is 1. The first-order valence-corrected chi connectivity index (χ1v) is 8.67. The molecule has 6 nitrogen and oxygen atoms in total. The fourth-order valence-electron chi connectivity index (χ4n) is 2.92. The molecule has 0 aliphatic heterocycles. The summed E-state index contributed by atoms with van der Waals surface area (Å²) in [6, 6.07) is 8.03. The summed E-state index contributed by atoms with van der Waals surface area (Å²) in [7, 11) is 0. The number of rotatable bonds is 9. The van der Waals surface area contributed by atoms with Gasteiger partial charge in [0.2, 0.25) is 5.91 Å². The van der Waals surface area contributed by atoms with Gasteiger partial charge in [0.1, 0.15) is 0 Å². The number of carboxylic acids is 1. The van der Waals surface area contributed by atoms with Gasteiger partial charge in [0.05, 0.1) is 0 Å². The van der Waals surface area contributed by atoms with E-state index in [1.165, 1.54) is 0 Å². The maximum atomic E-state index is 11.9. The molecule has 140 valence electrons. The first-order valence-electron chi connectivity index (χ1n) is 8.67. The maximum Gasteiger partial charge on any atom is 0.332 e. The number of hydrogen-bond acceptors (Lipinski definition) is 3. The van der Waals surface area contributed by atoms with Gasteiger partial charge >= 0.3 is 5.97 Å². The molecule has 1 aromatic heterocycles. The van der Waals surface area contributed by atoms with Gasteiger partial charge in [-0.2, -0.15) is 0 Å². The number of fused-ring (bicyclic) bond motifs is 1. The average Bonchev–Trinajstić information content (AvgIpc) is 2.99. The fourth-order valence-corrected chi connectivity index (χ4v) is 2.92. The highest BCUT2D eigenvalue weighted by Gasteiger charge is 2.24. The zero-order valence-electron chi connectivity index (χ0n) is 15.2. The van der Waals surface area contributed by atoms with E-state index in [4.69, 9.17) is 5.11 Å². The van der Waals surface area contributed by atoms with Crippen LogP contribution < -0.4 is 5.32 Å². The molecule has 0 saturated carbocycles. The summed E-state index contributed by atoms with van der Waals surface area (Å²) in [5, 5.41) is 21.8. The SMILES string of the molecule is C=CC(C)(C)c1[nH]c2ccccc2c1CCNC(=O)CC[C@H](O)C(=O)O. The summed E-state index contributed by atoms with van der Waals surface area (Å²) < 4.78 is 0. The molecule has 1 aromatic carbocycles. The third kappa shape index (κ3) is 4.52. The second kappa shape index (κ2) is 8.19. The summed E-state index contributed by atoms with van der Waals surface area (Å²) in [5.74, 6) is -1.58. The Labute approximate surface area is 152 Å². The smallest absolute Gasteiger partial charge is 0.332 e. The second-order valence-electron chi connectivity index (χ2n) is 6.94. The number of allylic oxidation sites excluding steroid dienone is 1. The van der Waals surface area contributed by atoms with Crippen LogP contribution in [0.25, 0.3) is 10.9 Å². The molecule has 4 N–H and O–H groups in total. The number of benzene rings is 1. The van der Waals surface area contributed by atoms with Crippen LogP contribution in [0.4, 0.5) is 0 Å². The predicted molar refractivity (Wildman–Crippen MR) is 101 cm³/mol. The minimum absolute atomic E-state index is 0.0215. The second-order valence-corrected chi connectivity index (χ2v) is 6.94. The van der Waals surface area contributed by atoms with Crippen molar-refractivity contribution in [2.24, 2.45) is 0 Å². The molecular formula is C20H26N2O4. The van der Waals surface area contributed by atoms with Gasteiger partial charge in [-0.3, -0.25) is 4.79 Å². The molecule has 26 heavy (non-hydrogen) atoms. The molecule has 0 spiro atoms. The van der Waals surface area contributed by atoms with Gasteiger partial charge in [0.15, 0.2) is 6.10 Å². The molecule has 6 heteroatoms. The number of aromatic nitrogens is 1. The standard InChI is InChI=1S/C20H26N2O4/c1-4-20(2,3)18-14(13-7-5-6-8-15(13)22-18)11-12-21-17(24)10-9-16(23)19(25)26/h4-8,16,22-23H,1,9-12H2,2-3H3,(H,21,24)(H,25,26)/t16-/m0/s1. The van der Waals surface area contributed by atoms with Crippen molar-refractivity contribution in [2.45, 2.75) is 44.6 Å². The lowest BCUT2D eigenvalue weighted by molar-refractivity contribution is -0.147. The van der Waals surface area contributed by atoms with Crippen molar-refractivity contribution in [3.05, 3.63) is 48.2 Å². The van der Waals surface area contributed by atoms with Crippen molar-refractivity contribution >= 4 is 22.8 Å². The van der Waals surface area contributed by atoms with Gasteiger partial charge in [0, 0.05) is 35.0 Å². The van der Waals surface area contributed by atoms with Crippen LogP contribution in [0, 0.1) is 0 Å². The maximum absolute atomic E-state index is 11.9. The highest BCUT2D eigenvalue weighted by molar-refractivity contribution is 5.85. The number of carbonyl (C=O) groups excluding carboxylic acids is 1. The third-order valence-electron chi connectivity index (χ3n) is 4.60. The van der Waals surface area contributed by atoms with E-state index in [0.717, 1.165) is 22.2 Å². The number of carbonyl (C=O) groups is 2. The minimum atomic E-state index is -1.51. The molecule has 1 atom stereocenters. The summed E-state index contributed by atoms with van der Waals surface area (Å²) in [5.41, 5.74) is 3.02. The number of H-pyrrole nitrogens is 1. The van der Waals surface area contributed by atoms with Crippen molar-refractivity contribution in [3.8, 4) is 0 Å². The molecule has 0 fully saturated rings. The third-order valence-corrected chi connectivity index (χ3v) is 4.60. The zero-order valence-corrected chi connectivity index (χ0v) is 15.2. The number of nitrogens with one attached hydrogen (secondary N) is 2. The van der Waals surface area contributed by atoms with E-state index in [0.29, 0.717) is 13.0 Å². The lowest BCUT2D eigenvalue weighted by atomic mass is 9.86. The van der Waals surface area contributed by atoms with Gasteiger partial charge in [-0.25, -0.2) is 4.79 Å². The van der Waals surface area contributed by atoms with Gasteiger partial charge in [-0.1, -0.05) is 38.1 Å². The highest BCUT2D eigenvalue weighted by atomic mass is 16.4. The number of aromatic amines is 1. The van der Waals surface area contributed by atoms with Crippen molar-refractivity contribution in [2.75, 3.05) is 6.54 Å². The summed E-state index contributed by atoms with van der Waals surface area (Å²) >= 11 is 0. The molecule has 1 amide bonds. The van der Waals surface area contributed by atoms with Gasteiger partial charge in [-0.15, -0.1) is 6.58 Å². The molecule has 0 aliphatic carbocycles. The number of aliphatic carboxylic acids is 1. The van der Waals surface area contributed by atoms with Crippen LogP contribution in [0.1, 0.15) is 37.9 Å². The highest BCUT2D eigenvalue weighted by Crippen LogP contribution is 2.32. The van der Waals surface area contributed by atoms with Crippen molar-refractivity contribution < 1.29 is 19.8 Å². The number of amides is 1. The molecule has 0 aliphatic rings. The van der Waals surface area contributed by atoms with Crippen molar-refractivity contribution in [1.82, 2.24) is 10.3 Å². The first kappa shape index (κ1) is 19.7. The normalized spacial score (nSPS) is 12.7. The van der Waals surface area contributed by atoms with Gasteiger partial charge < -0.3 is 20.5 Å². The number of hydrogen-bond donors (Lipinski definition) is 4. The minimum Gasteiger partial charge on any atom is -0.479 e. The first-order chi connectivity index (χ1) is 12.3. The van der Waals surface area contributed by atoms with E-state index in [1.807, 2.05) is 24.3 Å². The van der Waals surface area contributed by atoms with E-state index in [1.54, 1.807) is 0 Å². The Hall–Kier alpha value is -2.60. The van der Waals surface area contributed by atoms with Crippen LogP contribution in [0.15, 0.2) is 36.9 Å². The summed E-state index contributed by atoms with van der Waals surface area (Å²) in [6.07, 6.45) is 0.918. The van der Waals surface area contributed by atoms with Crippen LogP contribution in [-0.4, -0.2) is 39.7 Å². The molecule has 0 bridgehead atoms. The van der Waals surface area contributed by atoms with Gasteiger partial charge in [-0.05, 0) is 24.5 Å². The Morgan fingerprint density at radius 2 is 2.04 bits per heavy atom. The van der Waals surface area contributed by atoms with Crippen molar-refractivity contribution in [1.29, 1.82) is 0 Å². The number of para-hydroxylation sites is 1. The van der Waals surface area contributed by atoms with E-state index in [-0.39, 0.29) is 24.2 Å². The molecule has 2 rings (SSSR count). The van der Waals surface area contributed by atoms with E-state index < -0.39 is 12.1 Å². The van der Waals surface area contributed by atoms with Crippen molar-refractivity contribution in [3.63, 3.8) is 0 Å². The lowest BCUT2D eigenvalue weighted by Crippen LogP contribution is -2.28. The Bertz CT molecular complexity index is 807. The van der Waals surface area contributed by atoms with Crippen LogP contribution in [0.2, 0.25) is 0 Å². The Morgan fingerprint density at radius 3 is 2.69 bits per heavy atom. The zero-order chi connectivity index (χ0) is 19.3. The van der Waals surface area contributed by atoms with Crippen LogP contribution in [0.5, 0.6) is 0 Å².